The van der Waals surface area contributed by atoms with Crippen LogP contribution >= 0.6 is 0 Å². The second-order valence-corrected chi connectivity index (χ2v) is 6.37. The van der Waals surface area contributed by atoms with Crippen LogP contribution in [-0.4, -0.2) is 30.6 Å². The summed E-state index contributed by atoms with van der Waals surface area (Å²) in [5.41, 5.74) is 8.02. The van der Waals surface area contributed by atoms with E-state index in [9.17, 15) is 0 Å². The Balaban J connectivity index is 2.30. The Morgan fingerprint density at radius 2 is 2.06 bits per heavy atom. The number of hydrogen-bond donors (Lipinski definition) is 1. The second-order valence-electron chi connectivity index (χ2n) is 6.37. The Labute approximate surface area is 107 Å². The molecule has 0 aromatic carbocycles. The van der Waals surface area contributed by atoms with Crippen molar-refractivity contribution in [3.63, 3.8) is 0 Å². The minimum Gasteiger partial charge on any atom is -0.328 e. The number of hydrogen-bond acceptors (Lipinski definition) is 2. The number of nitrogens with two attached hydrogens (primary N) is 1. The third kappa shape index (κ3) is 5.22. The molecule has 1 rings (SSSR count). The summed E-state index contributed by atoms with van der Waals surface area (Å²) in [4.78, 5) is 2.53. The van der Waals surface area contributed by atoms with E-state index in [1.165, 1.54) is 19.4 Å². The molecule has 0 fully saturated rings. The molecule has 1 heterocycles. The summed E-state index contributed by atoms with van der Waals surface area (Å²) in [7, 11) is 0. The molecule has 0 bridgehead atoms. The summed E-state index contributed by atoms with van der Waals surface area (Å²) in [5.74, 6) is 0. The van der Waals surface area contributed by atoms with Crippen LogP contribution in [-0.2, 0) is 0 Å². The molecule has 1 aliphatic rings. The minimum absolute atomic E-state index is 0.352. The quantitative estimate of drug-likeness (QED) is 0.745. The van der Waals surface area contributed by atoms with Gasteiger partial charge in [-0.3, -0.25) is 4.90 Å². The Bertz CT molecular complexity index is 250. The van der Waals surface area contributed by atoms with Crippen LogP contribution in [0.2, 0.25) is 0 Å². The van der Waals surface area contributed by atoms with Gasteiger partial charge in [0.2, 0.25) is 0 Å². The van der Waals surface area contributed by atoms with Crippen molar-refractivity contribution in [2.24, 2.45) is 11.1 Å². The van der Waals surface area contributed by atoms with Crippen LogP contribution in [0, 0.1) is 5.41 Å². The molecular weight excluding hydrogens is 208 g/mol. The van der Waals surface area contributed by atoms with Gasteiger partial charge in [0.05, 0.1) is 0 Å². The zero-order valence-electron chi connectivity index (χ0n) is 12.1. The van der Waals surface area contributed by atoms with Gasteiger partial charge in [0.15, 0.2) is 0 Å². The first kappa shape index (κ1) is 14.7. The highest BCUT2D eigenvalue weighted by atomic mass is 15.1. The van der Waals surface area contributed by atoms with Crippen molar-refractivity contribution in [2.45, 2.75) is 59.4 Å². The maximum atomic E-state index is 6.06. The average molecular weight is 238 g/mol. The first-order valence-electron chi connectivity index (χ1n) is 7.11. The van der Waals surface area contributed by atoms with E-state index in [1.54, 1.807) is 5.57 Å². The maximum Gasteiger partial charge on any atom is 0.0166 e. The molecule has 17 heavy (non-hydrogen) atoms. The first-order chi connectivity index (χ1) is 7.93. The zero-order chi connectivity index (χ0) is 12.9. The summed E-state index contributed by atoms with van der Waals surface area (Å²) >= 11 is 0. The largest absolute Gasteiger partial charge is 0.328 e. The molecule has 1 unspecified atom stereocenters. The van der Waals surface area contributed by atoms with Gasteiger partial charge in [-0.05, 0) is 31.2 Å². The van der Waals surface area contributed by atoms with Gasteiger partial charge in [0.1, 0.15) is 0 Å². The van der Waals surface area contributed by atoms with E-state index in [1.807, 2.05) is 0 Å². The molecule has 0 spiro atoms. The molecule has 0 amide bonds. The fraction of sp³-hybridized carbons (Fsp3) is 0.867. The first-order valence-corrected chi connectivity index (χ1v) is 7.11. The highest BCUT2D eigenvalue weighted by Crippen LogP contribution is 2.29. The van der Waals surface area contributed by atoms with E-state index in [4.69, 9.17) is 5.73 Å². The van der Waals surface area contributed by atoms with E-state index in [2.05, 4.69) is 38.7 Å². The van der Waals surface area contributed by atoms with Gasteiger partial charge in [0, 0.05) is 19.1 Å². The summed E-state index contributed by atoms with van der Waals surface area (Å²) in [6.07, 6.45) is 7.17. The van der Waals surface area contributed by atoms with E-state index in [0.29, 0.717) is 11.5 Å². The van der Waals surface area contributed by atoms with Crippen molar-refractivity contribution in [3.8, 4) is 0 Å². The average Bonchev–Trinajstić information content (AvgIpc) is 2.26. The van der Waals surface area contributed by atoms with Crippen molar-refractivity contribution in [3.05, 3.63) is 11.6 Å². The molecule has 100 valence electrons. The Hall–Kier alpha value is -0.340. The van der Waals surface area contributed by atoms with Crippen LogP contribution in [0.25, 0.3) is 0 Å². The molecule has 0 radical (unpaired) electrons. The smallest absolute Gasteiger partial charge is 0.0166 e. The highest BCUT2D eigenvalue weighted by molar-refractivity contribution is 5.14. The lowest BCUT2D eigenvalue weighted by Crippen LogP contribution is -2.35. The van der Waals surface area contributed by atoms with Crippen molar-refractivity contribution in [1.82, 2.24) is 4.90 Å². The summed E-state index contributed by atoms with van der Waals surface area (Å²) in [5, 5.41) is 0. The molecule has 0 aromatic heterocycles. The molecule has 0 aliphatic carbocycles. The Morgan fingerprint density at radius 3 is 2.53 bits per heavy atom. The van der Waals surface area contributed by atoms with Crippen molar-refractivity contribution >= 4 is 0 Å². The fourth-order valence-electron chi connectivity index (χ4n) is 2.46. The number of rotatable bonds is 5. The second kappa shape index (κ2) is 6.55. The lowest BCUT2D eigenvalue weighted by Gasteiger charge is -2.32. The molecule has 0 aromatic rings. The SMILES string of the molecule is CCCC(N)CCN1CC=C(C(C)(C)C)CC1. The van der Waals surface area contributed by atoms with Crippen LogP contribution < -0.4 is 5.73 Å². The normalized spacial score (nSPS) is 20.2. The van der Waals surface area contributed by atoms with Gasteiger partial charge in [-0.15, -0.1) is 0 Å². The molecule has 0 saturated heterocycles. The van der Waals surface area contributed by atoms with Crippen molar-refractivity contribution in [2.75, 3.05) is 19.6 Å². The topological polar surface area (TPSA) is 29.3 Å². The summed E-state index contributed by atoms with van der Waals surface area (Å²) in [6, 6.07) is 0.396. The molecule has 2 heteroatoms. The fourth-order valence-corrected chi connectivity index (χ4v) is 2.46. The Morgan fingerprint density at radius 1 is 1.35 bits per heavy atom. The summed E-state index contributed by atoms with van der Waals surface area (Å²) < 4.78 is 0. The molecule has 1 aliphatic heterocycles. The molecule has 1 atom stereocenters. The maximum absolute atomic E-state index is 6.06. The lowest BCUT2D eigenvalue weighted by atomic mass is 9.83. The van der Waals surface area contributed by atoms with Gasteiger partial charge in [-0.25, -0.2) is 0 Å². The minimum atomic E-state index is 0.352. The van der Waals surface area contributed by atoms with Crippen molar-refractivity contribution in [1.29, 1.82) is 0 Å². The summed E-state index contributed by atoms with van der Waals surface area (Å²) in [6.45, 7) is 12.6. The van der Waals surface area contributed by atoms with Crippen LogP contribution in [0.5, 0.6) is 0 Å². The van der Waals surface area contributed by atoms with E-state index in [-0.39, 0.29) is 0 Å². The van der Waals surface area contributed by atoms with Crippen molar-refractivity contribution < 1.29 is 0 Å². The van der Waals surface area contributed by atoms with Crippen LogP contribution in [0.1, 0.15) is 53.4 Å². The molecule has 0 saturated carbocycles. The van der Waals surface area contributed by atoms with Gasteiger partial charge in [-0.2, -0.15) is 0 Å². The number of nitrogens with zero attached hydrogens (tertiary/aromatic N) is 1. The van der Waals surface area contributed by atoms with Crippen LogP contribution in [0.3, 0.4) is 0 Å². The van der Waals surface area contributed by atoms with Crippen LogP contribution in [0.15, 0.2) is 11.6 Å². The van der Waals surface area contributed by atoms with E-state index >= 15 is 0 Å². The zero-order valence-corrected chi connectivity index (χ0v) is 12.1. The van der Waals surface area contributed by atoms with Gasteiger partial charge in [0.25, 0.3) is 0 Å². The monoisotopic (exact) mass is 238 g/mol. The van der Waals surface area contributed by atoms with Gasteiger partial charge < -0.3 is 5.73 Å². The Kier molecular flexibility index (Phi) is 5.68. The third-order valence-corrected chi connectivity index (χ3v) is 3.73. The van der Waals surface area contributed by atoms with Gasteiger partial charge >= 0.3 is 0 Å². The predicted molar refractivity (Wildman–Crippen MR) is 76.1 cm³/mol. The standard InChI is InChI=1S/C15H30N2/c1-5-6-14(16)9-12-17-10-7-13(8-11-17)15(2,3)4/h7,14H,5-6,8-12,16H2,1-4H3. The molecule has 2 N–H and O–H groups in total. The molecule has 2 nitrogen and oxygen atoms in total. The predicted octanol–water partition coefficient (Wildman–Crippen LogP) is 3.18. The van der Waals surface area contributed by atoms with E-state index in [0.717, 1.165) is 25.9 Å². The lowest BCUT2D eigenvalue weighted by molar-refractivity contribution is 0.266. The van der Waals surface area contributed by atoms with E-state index < -0.39 is 0 Å². The molecular formula is C15H30N2. The van der Waals surface area contributed by atoms with Gasteiger partial charge in [-0.1, -0.05) is 45.8 Å². The third-order valence-electron chi connectivity index (χ3n) is 3.73. The highest BCUT2D eigenvalue weighted by Gasteiger charge is 2.21. The van der Waals surface area contributed by atoms with Crippen LogP contribution in [0.4, 0.5) is 0 Å².